The molecule has 0 unspecified atom stereocenters. The Morgan fingerprint density at radius 2 is 2.21 bits per heavy atom. The fourth-order valence-electron chi connectivity index (χ4n) is 1.92. The zero-order valence-electron chi connectivity index (χ0n) is 11.0. The van der Waals surface area contributed by atoms with Crippen molar-refractivity contribution in [2.75, 3.05) is 28.7 Å². The Bertz CT molecular complexity index is 447. The van der Waals surface area contributed by atoms with E-state index in [1.54, 1.807) is 6.20 Å². The molecule has 2 heterocycles. The van der Waals surface area contributed by atoms with Crippen molar-refractivity contribution in [1.82, 2.24) is 9.97 Å². The highest BCUT2D eigenvalue weighted by Crippen LogP contribution is 2.22. The molecule has 5 nitrogen and oxygen atoms in total. The number of aromatic nitrogens is 2. The molecule has 0 radical (unpaired) electrons. The number of nitrogens with zero attached hydrogens (tertiary/aromatic N) is 2. The predicted molar refractivity (Wildman–Crippen MR) is 80.3 cm³/mol. The van der Waals surface area contributed by atoms with Crippen molar-refractivity contribution in [3.63, 3.8) is 0 Å². The Kier molecular flexibility index (Phi) is 5.39. The van der Waals surface area contributed by atoms with Crippen LogP contribution in [0.25, 0.3) is 0 Å². The molecule has 1 aromatic heterocycles. The standard InChI is InChI=1S/C12H19ClN4OS/c1-2-5-14-12-15-8-10(13)11(17-12)16-9-3-6-19(18)7-4-9/h8-9H,2-7H2,1H3,(H2,14,15,16,17). The summed E-state index contributed by atoms with van der Waals surface area (Å²) < 4.78 is 11.3. The van der Waals surface area contributed by atoms with Crippen LogP contribution >= 0.6 is 11.6 Å². The fourth-order valence-corrected chi connectivity index (χ4v) is 3.37. The summed E-state index contributed by atoms with van der Waals surface area (Å²) in [6, 6.07) is 0.295. The van der Waals surface area contributed by atoms with Crippen molar-refractivity contribution >= 4 is 34.2 Å². The minimum absolute atomic E-state index is 0.295. The summed E-state index contributed by atoms with van der Waals surface area (Å²) in [5.41, 5.74) is 0. The molecule has 2 rings (SSSR count). The van der Waals surface area contributed by atoms with E-state index in [1.165, 1.54) is 0 Å². The summed E-state index contributed by atoms with van der Waals surface area (Å²) in [4.78, 5) is 8.52. The van der Waals surface area contributed by atoms with Gasteiger partial charge in [0.05, 0.1) is 6.20 Å². The summed E-state index contributed by atoms with van der Waals surface area (Å²) in [7, 11) is -0.651. The predicted octanol–water partition coefficient (Wildman–Crippen LogP) is 2.27. The van der Waals surface area contributed by atoms with Crippen LogP contribution in [0.3, 0.4) is 0 Å². The summed E-state index contributed by atoms with van der Waals surface area (Å²) in [6.07, 6.45) is 4.41. The Balaban J connectivity index is 2.00. The molecule has 7 heteroatoms. The molecule has 106 valence electrons. The minimum Gasteiger partial charge on any atom is -0.366 e. The highest BCUT2D eigenvalue weighted by molar-refractivity contribution is 7.85. The van der Waals surface area contributed by atoms with Crippen molar-refractivity contribution in [2.24, 2.45) is 0 Å². The second-order valence-electron chi connectivity index (χ2n) is 4.58. The van der Waals surface area contributed by atoms with Crippen molar-refractivity contribution in [3.05, 3.63) is 11.2 Å². The Hall–Kier alpha value is -0.880. The van der Waals surface area contributed by atoms with Gasteiger partial charge < -0.3 is 10.6 Å². The third kappa shape index (κ3) is 4.31. The van der Waals surface area contributed by atoms with E-state index in [2.05, 4.69) is 27.5 Å². The maximum atomic E-state index is 11.3. The molecule has 1 aromatic rings. The van der Waals surface area contributed by atoms with E-state index in [9.17, 15) is 4.21 Å². The van der Waals surface area contributed by atoms with E-state index >= 15 is 0 Å². The van der Waals surface area contributed by atoms with Gasteiger partial charge in [-0.1, -0.05) is 18.5 Å². The molecular weight excluding hydrogens is 284 g/mol. The van der Waals surface area contributed by atoms with Crippen LogP contribution in [0, 0.1) is 0 Å². The van der Waals surface area contributed by atoms with Crippen molar-refractivity contribution in [1.29, 1.82) is 0 Å². The maximum absolute atomic E-state index is 11.3. The van der Waals surface area contributed by atoms with Crippen LogP contribution in [-0.2, 0) is 10.8 Å². The molecule has 0 saturated carbocycles. The monoisotopic (exact) mass is 302 g/mol. The van der Waals surface area contributed by atoms with Crippen LogP contribution < -0.4 is 10.6 Å². The average molecular weight is 303 g/mol. The van der Waals surface area contributed by atoms with E-state index < -0.39 is 10.8 Å². The largest absolute Gasteiger partial charge is 0.366 e. The van der Waals surface area contributed by atoms with E-state index in [-0.39, 0.29) is 0 Å². The van der Waals surface area contributed by atoms with Gasteiger partial charge >= 0.3 is 0 Å². The van der Waals surface area contributed by atoms with Gasteiger partial charge in [-0.25, -0.2) is 4.98 Å². The van der Waals surface area contributed by atoms with E-state index in [1.807, 2.05) is 0 Å². The molecule has 1 aliphatic heterocycles. The van der Waals surface area contributed by atoms with Crippen molar-refractivity contribution in [2.45, 2.75) is 32.2 Å². The lowest BCUT2D eigenvalue weighted by molar-refractivity contribution is 0.622. The van der Waals surface area contributed by atoms with Crippen LogP contribution in [0.5, 0.6) is 0 Å². The van der Waals surface area contributed by atoms with Gasteiger partial charge in [-0.3, -0.25) is 4.21 Å². The molecule has 1 saturated heterocycles. The quantitative estimate of drug-likeness (QED) is 0.873. The Morgan fingerprint density at radius 3 is 2.89 bits per heavy atom. The summed E-state index contributed by atoms with van der Waals surface area (Å²) in [5, 5.41) is 6.99. The van der Waals surface area contributed by atoms with Crippen LogP contribution in [0.2, 0.25) is 5.02 Å². The van der Waals surface area contributed by atoms with Gasteiger partial charge in [0.2, 0.25) is 5.95 Å². The number of nitrogens with one attached hydrogen (secondary N) is 2. The van der Waals surface area contributed by atoms with Crippen LogP contribution in [0.4, 0.5) is 11.8 Å². The molecule has 0 aliphatic carbocycles. The highest BCUT2D eigenvalue weighted by Gasteiger charge is 2.19. The second-order valence-corrected chi connectivity index (χ2v) is 6.69. The van der Waals surface area contributed by atoms with Gasteiger partial charge in [-0.05, 0) is 19.3 Å². The number of halogens is 1. The number of hydrogen-bond acceptors (Lipinski definition) is 5. The van der Waals surface area contributed by atoms with Gasteiger partial charge in [-0.2, -0.15) is 4.98 Å². The number of rotatable bonds is 5. The van der Waals surface area contributed by atoms with Crippen molar-refractivity contribution < 1.29 is 4.21 Å². The first-order valence-electron chi connectivity index (χ1n) is 6.57. The maximum Gasteiger partial charge on any atom is 0.224 e. The van der Waals surface area contributed by atoms with Gasteiger partial charge in [0, 0.05) is 34.9 Å². The molecule has 0 amide bonds. The lowest BCUT2D eigenvalue weighted by Gasteiger charge is -2.23. The lowest BCUT2D eigenvalue weighted by Crippen LogP contribution is -2.30. The van der Waals surface area contributed by atoms with Crippen LogP contribution in [0.1, 0.15) is 26.2 Å². The van der Waals surface area contributed by atoms with Gasteiger partial charge in [0.1, 0.15) is 5.02 Å². The zero-order valence-corrected chi connectivity index (χ0v) is 12.6. The molecular formula is C12H19ClN4OS. The SMILES string of the molecule is CCCNc1ncc(Cl)c(NC2CCS(=O)CC2)n1. The van der Waals surface area contributed by atoms with Gasteiger partial charge in [-0.15, -0.1) is 0 Å². The molecule has 19 heavy (non-hydrogen) atoms. The van der Waals surface area contributed by atoms with E-state index in [0.29, 0.717) is 22.8 Å². The molecule has 2 N–H and O–H groups in total. The number of hydrogen-bond donors (Lipinski definition) is 2. The third-order valence-electron chi connectivity index (χ3n) is 3.01. The first-order valence-corrected chi connectivity index (χ1v) is 8.43. The Morgan fingerprint density at radius 1 is 1.47 bits per heavy atom. The van der Waals surface area contributed by atoms with E-state index in [4.69, 9.17) is 11.6 Å². The number of anilines is 2. The molecule has 0 bridgehead atoms. The molecule has 1 fully saturated rings. The summed E-state index contributed by atoms with van der Waals surface area (Å²) in [6.45, 7) is 2.92. The normalized spacial score (nSPS) is 23.1. The molecule has 0 atom stereocenters. The topological polar surface area (TPSA) is 66.9 Å². The van der Waals surface area contributed by atoms with Gasteiger partial charge in [0.25, 0.3) is 0 Å². The van der Waals surface area contributed by atoms with E-state index in [0.717, 1.165) is 37.3 Å². The lowest BCUT2D eigenvalue weighted by atomic mass is 10.1. The summed E-state index contributed by atoms with van der Waals surface area (Å²) in [5.74, 6) is 2.75. The van der Waals surface area contributed by atoms with Crippen molar-refractivity contribution in [3.8, 4) is 0 Å². The van der Waals surface area contributed by atoms with Crippen LogP contribution in [-0.4, -0.2) is 38.3 Å². The van der Waals surface area contributed by atoms with Crippen LogP contribution in [0.15, 0.2) is 6.20 Å². The average Bonchev–Trinajstić information content (AvgIpc) is 2.42. The summed E-state index contributed by atoms with van der Waals surface area (Å²) >= 11 is 6.10. The molecule has 0 aromatic carbocycles. The zero-order chi connectivity index (χ0) is 13.7. The Labute approximate surface area is 121 Å². The fraction of sp³-hybridized carbons (Fsp3) is 0.667. The highest BCUT2D eigenvalue weighted by atomic mass is 35.5. The first-order chi connectivity index (χ1) is 9.19. The van der Waals surface area contributed by atoms with Gasteiger partial charge in [0.15, 0.2) is 5.82 Å². The first kappa shape index (κ1) is 14.5. The smallest absolute Gasteiger partial charge is 0.224 e. The third-order valence-corrected chi connectivity index (χ3v) is 4.66. The molecule has 1 aliphatic rings. The second kappa shape index (κ2) is 7.05. The minimum atomic E-state index is -0.651. The molecule has 0 spiro atoms.